The number of hydrogen-bond acceptors (Lipinski definition) is 5. The first kappa shape index (κ1) is 22.3. The van der Waals surface area contributed by atoms with Crippen LogP contribution in [-0.2, 0) is 25.3 Å². The van der Waals surface area contributed by atoms with Gasteiger partial charge in [-0.25, -0.2) is 0 Å². The zero-order valence-electron chi connectivity index (χ0n) is 18.4. The number of methoxy groups -OCH3 is 2. The quantitative estimate of drug-likeness (QED) is 0.461. The largest absolute Gasteiger partial charge is 0.504 e. The summed E-state index contributed by atoms with van der Waals surface area (Å²) in [4.78, 5) is 0. The monoisotopic (exact) mass is 453 g/mol. The fourth-order valence-electron chi connectivity index (χ4n) is 4.28. The second-order valence-corrected chi connectivity index (χ2v) is 8.09. The molecule has 0 radical (unpaired) electrons. The molecule has 0 bridgehead atoms. The fourth-order valence-corrected chi connectivity index (χ4v) is 4.57. The lowest BCUT2D eigenvalue weighted by molar-refractivity contribution is 0.283. The molecule has 0 spiro atoms. The Labute approximate surface area is 193 Å². The first-order chi connectivity index (χ1) is 15.6. The van der Waals surface area contributed by atoms with Crippen LogP contribution in [0, 0.1) is 0 Å². The number of rotatable bonds is 8. The summed E-state index contributed by atoms with van der Waals surface area (Å²) in [5, 5.41) is 13.8. The Bertz CT molecular complexity index is 1070. The summed E-state index contributed by atoms with van der Waals surface area (Å²) < 4.78 is 17.2. The van der Waals surface area contributed by atoms with Crippen LogP contribution in [0.5, 0.6) is 23.0 Å². The molecule has 0 unspecified atom stereocenters. The second-order valence-electron chi connectivity index (χ2n) is 7.83. The van der Waals surface area contributed by atoms with Crippen molar-refractivity contribution in [3.05, 3.63) is 82.4 Å². The van der Waals surface area contributed by atoms with E-state index < -0.39 is 0 Å². The predicted molar refractivity (Wildman–Crippen MR) is 126 cm³/mol. The van der Waals surface area contributed by atoms with E-state index in [1.54, 1.807) is 20.3 Å². The van der Waals surface area contributed by atoms with E-state index in [-0.39, 0.29) is 17.7 Å². The summed E-state index contributed by atoms with van der Waals surface area (Å²) >= 11 is 6.22. The number of phenolic OH excluding ortho intramolecular Hbond substituents is 1. The van der Waals surface area contributed by atoms with Crippen LogP contribution in [0.1, 0.15) is 33.9 Å². The van der Waals surface area contributed by atoms with E-state index in [1.165, 1.54) is 11.1 Å². The van der Waals surface area contributed by atoms with E-state index in [2.05, 4.69) is 17.4 Å². The van der Waals surface area contributed by atoms with Crippen molar-refractivity contribution >= 4 is 11.6 Å². The number of alkyl halides is 1. The van der Waals surface area contributed by atoms with Crippen LogP contribution in [0.3, 0.4) is 0 Å². The zero-order chi connectivity index (χ0) is 22.5. The number of halogens is 1. The Kier molecular flexibility index (Phi) is 7.08. The third-order valence-corrected chi connectivity index (χ3v) is 6.19. The normalized spacial score (nSPS) is 15.2. The topological polar surface area (TPSA) is 60.0 Å². The van der Waals surface area contributed by atoms with Gasteiger partial charge in [0.2, 0.25) is 0 Å². The van der Waals surface area contributed by atoms with Crippen molar-refractivity contribution in [2.45, 2.75) is 31.4 Å². The van der Waals surface area contributed by atoms with E-state index in [9.17, 15) is 5.11 Å². The van der Waals surface area contributed by atoms with Gasteiger partial charge in [-0.1, -0.05) is 36.4 Å². The van der Waals surface area contributed by atoms with Gasteiger partial charge in [-0.3, -0.25) is 0 Å². The number of nitrogens with one attached hydrogen (secondary N) is 1. The maximum atomic E-state index is 10.1. The predicted octanol–water partition coefficient (Wildman–Crippen LogP) is 5.16. The molecule has 0 aromatic heterocycles. The minimum atomic E-state index is 0.0833. The van der Waals surface area contributed by atoms with Gasteiger partial charge >= 0.3 is 0 Å². The van der Waals surface area contributed by atoms with Gasteiger partial charge in [0, 0.05) is 11.6 Å². The average molecular weight is 454 g/mol. The van der Waals surface area contributed by atoms with Crippen LogP contribution in [0.2, 0.25) is 0 Å². The van der Waals surface area contributed by atoms with Gasteiger partial charge in [0.25, 0.3) is 0 Å². The minimum Gasteiger partial charge on any atom is -0.504 e. The van der Waals surface area contributed by atoms with Gasteiger partial charge in [-0.15, -0.1) is 11.6 Å². The SMILES string of the molecule is COc1cc2c(cc1OCc1ccccc1)[C@H](Cc1ccc(O)c(OC)c1CCl)NCC2. The number of fused-ring (bicyclic) bond motifs is 1. The summed E-state index contributed by atoms with van der Waals surface area (Å²) in [7, 11) is 3.22. The number of ether oxygens (including phenoxy) is 3. The van der Waals surface area contributed by atoms with Crippen LogP contribution in [0.15, 0.2) is 54.6 Å². The van der Waals surface area contributed by atoms with Crippen LogP contribution < -0.4 is 19.5 Å². The molecule has 2 N–H and O–H groups in total. The molecule has 0 saturated carbocycles. The van der Waals surface area contributed by atoms with Gasteiger partial charge in [-0.2, -0.15) is 0 Å². The second kappa shape index (κ2) is 10.2. The molecule has 0 saturated heterocycles. The molecule has 0 fully saturated rings. The van der Waals surface area contributed by atoms with Crippen LogP contribution in [0.25, 0.3) is 0 Å². The van der Waals surface area contributed by atoms with Crippen molar-refractivity contribution in [1.82, 2.24) is 5.32 Å². The van der Waals surface area contributed by atoms with Crippen molar-refractivity contribution in [2.75, 3.05) is 20.8 Å². The number of aromatic hydroxyl groups is 1. The fraction of sp³-hybridized carbons (Fsp3) is 0.308. The summed E-state index contributed by atoms with van der Waals surface area (Å²) in [6.07, 6.45) is 1.64. The highest BCUT2D eigenvalue weighted by atomic mass is 35.5. The van der Waals surface area contributed by atoms with Gasteiger partial charge < -0.3 is 24.6 Å². The Morgan fingerprint density at radius 3 is 2.56 bits per heavy atom. The summed E-state index contributed by atoms with van der Waals surface area (Å²) in [5.41, 5.74) is 5.40. The standard InChI is InChI=1S/C26H28ClNO4/c1-30-24-13-19-10-11-28-22(12-18-8-9-23(29)26(31-2)21(18)15-27)20(19)14-25(24)32-16-17-6-4-3-5-7-17/h3-9,13-14,22,28-29H,10-12,15-16H2,1-2H3/t22-/m0/s1. The van der Waals surface area contributed by atoms with E-state index in [4.69, 9.17) is 25.8 Å². The smallest absolute Gasteiger partial charge is 0.165 e. The lowest BCUT2D eigenvalue weighted by Crippen LogP contribution is -2.31. The molecule has 3 aromatic rings. The number of phenols is 1. The lowest BCUT2D eigenvalue weighted by atomic mass is 9.88. The highest BCUT2D eigenvalue weighted by Gasteiger charge is 2.25. The van der Waals surface area contributed by atoms with Gasteiger partial charge in [0.15, 0.2) is 23.0 Å². The van der Waals surface area contributed by atoms with Gasteiger partial charge in [0.1, 0.15) is 6.61 Å². The summed E-state index contributed by atoms with van der Waals surface area (Å²) in [5.74, 6) is 2.28. The number of benzene rings is 3. The molecule has 168 valence electrons. The third-order valence-electron chi connectivity index (χ3n) is 5.92. The van der Waals surface area contributed by atoms with E-state index >= 15 is 0 Å². The molecule has 3 aromatic carbocycles. The van der Waals surface area contributed by atoms with Crippen LogP contribution >= 0.6 is 11.6 Å². The highest BCUT2D eigenvalue weighted by molar-refractivity contribution is 6.17. The summed E-state index contributed by atoms with van der Waals surface area (Å²) in [6.45, 7) is 1.34. The molecule has 1 heterocycles. The molecule has 0 amide bonds. The Morgan fingerprint density at radius 1 is 1.03 bits per heavy atom. The maximum Gasteiger partial charge on any atom is 0.165 e. The maximum absolute atomic E-state index is 10.1. The van der Waals surface area contributed by atoms with Crippen molar-refractivity contribution in [3.8, 4) is 23.0 Å². The molecule has 1 atom stereocenters. The first-order valence-corrected chi connectivity index (χ1v) is 11.2. The summed E-state index contributed by atoms with van der Waals surface area (Å²) in [6, 6.07) is 17.9. The van der Waals surface area contributed by atoms with Crippen molar-refractivity contribution < 1.29 is 19.3 Å². The van der Waals surface area contributed by atoms with E-state index in [0.717, 1.165) is 47.6 Å². The molecule has 0 aliphatic carbocycles. The van der Waals surface area contributed by atoms with Crippen LogP contribution in [-0.4, -0.2) is 25.9 Å². The van der Waals surface area contributed by atoms with Gasteiger partial charge in [0.05, 0.1) is 20.1 Å². The van der Waals surface area contributed by atoms with Crippen molar-refractivity contribution in [2.24, 2.45) is 0 Å². The van der Waals surface area contributed by atoms with Crippen molar-refractivity contribution in [1.29, 1.82) is 0 Å². The average Bonchev–Trinajstić information content (AvgIpc) is 2.83. The van der Waals surface area contributed by atoms with E-state index in [0.29, 0.717) is 12.4 Å². The third kappa shape index (κ3) is 4.64. The Hall–Kier alpha value is -2.89. The first-order valence-electron chi connectivity index (χ1n) is 10.7. The molecular weight excluding hydrogens is 426 g/mol. The molecule has 1 aliphatic rings. The zero-order valence-corrected chi connectivity index (χ0v) is 19.1. The number of hydrogen-bond donors (Lipinski definition) is 2. The molecule has 1 aliphatic heterocycles. The van der Waals surface area contributed by atoms with Gasteiger partial charge in [-0.05, 0) is 59.8 Å². The highest BCUT2D eigenvalue weighted by Crippen LogP contribution is 2.39. The molecule has 4 rings (SSSR count). The van der Waals surface area contributed by atoms with Crippen LogP contribution in [0.4, 0.5) is 0 Å². The molecule has 6 heteroatoms. The minimum absolute atomic E-state index is 0.0833. The Morgan fingerprint density at radius 2 is 1.84 bits per heavy atom. The molecular formula is C26H28ClNO4. The van der Waals surface area contributed by atoms with Crippen molar-refractivity contribution in [3.63, 3.8) is 0 Å². The lowest BCUT2D eigenvalue weighted by Gasteiger charge is -2.29. The molecule has 32 heavy (non-hydrogen) atoms. The Balaban J connectivity index is 1.64. The molecule has 5 nitrogen and oxygen atoms in total. The van der Waals surface area contributed by atoms with E-state index in [1.807, 2.05) is 36.4 Å².